The van der Waals surface area contributed by atoms with Crippen molar-refractivity contribution in [1.29, 1.82) is 0 Å². The van der Waals surface area contributed by atoms with E-state index in [4.69, 9.17) is 28.2 Å². The summed E-state index contributed by atoms with van der Waals surface area (Å²) in [5, 5.41) is 5.82. The third-order valence-electron chi connectivity index (χ3n) is 14.0. The molecule has 3 N–H and O–H groups in total. The molecule has 4 fully saturated rings. The molecule has 2 atom stereocenters. The maximum atomic E-state index is 6.68. The zero-order valence-corrected chi connectivity index (χ0v) is 47.1. The predicted octanol–water partition coefficient (Wildman–Crippen LogP) is 11.3. The van der Waals surface area contributed by atoms with Crippen LogP contribution in [0.2, 0.25) is 10.0 Å². The maximum Gasteiger partial charge on any atom is 0.147 e. The second-order valence-electron chi connectivity index (χ2n) is 18.3. The van der Waals surface area contributed by atoms with Crippen molar-refractivity contribution >= 4 is 95.9 Å². The number of imidazole rings is 2. The van der Waals surface area contributed by atoms with Crippen molar-refractivity contribution in [2.45, 2.75) is 88.4 Å². The first kappa shape index (κ1) is 52.4. The van der Waals surface area contributed by atoms with Crippen LogP contribution < -0.4 is 15.1 Å². The van der Waals surface area contributed by atoms with Crippen LogP contribution in [0.3, 0.4) is 0 Å². The van der Waals surface area contributed by atoms with E-state index in [0.717, 1.165) is 111 Å². The number of hydrogen-bond donors (Lipinski definition) is 3. The van der Waals surface area contributed by atoms with E-state index in [1.54, 1.807) is 12.4 Å². The van der Waals surface area contributed by atoms with Crippen LogP contribution in [-0.2, 0) is 11.9 Å². The lowest BCUT2D eigenvalue weighted by molar-refractivity contribution is 0.0610. The Labute approximate surface area is 454 Å². The van der Waals surface area contributed by atoms with Crippen LogP contribution in [-0.4, -0.2) is 134 Å². The summed E-state index contributed by atoms with van der Waals surface area (Å²) in [6.07, 6.45) is 18.1. The Balaban J connectivity index is 0.000000161. The average Bonchev–Trinajstić information content (AvgIpc) is 4.15. The Hall–Kier alpha value is -2.88. The number of alkyl halides is 1. The van der Waals surface area contributed by atoms with Crippen LogP contribution in [0.5, 0.6) is 0 Å². The molecule has 4 saturated heterocycles. The summed E-state index contributed by atoms with van der Waals surface area (Å²) in [6.45, 7) is 16.4. The van der Waals surface area contributed by atoms with Crippen molar-refractivity contribution in [2.75, 3.05) is 75.2 Å². The number of H-pyrrole nitrogens is 2. The first-order valence-electron chi connectivity index (χ1n) is 24.5. The number of nitrogens with one attached hydrogen (secondary N) is 3. The highest BCUT2D eigenvalue weighted by molar-refractivity contribution is 14.1. The number of aromatic amines is 2. The van der Waals surface area contributed by atoms with Gasteiger partial charge < -0.3 is 25.1 Å². The highest BCUT2D eigenvalue weighted by Gasteiger charge is 2.35. The van der Waals surface area contributed by atoms with E-state index in [0.29, 0.717) is 34.2 Å². The standard InChI is InChI=1S/C26H32ClIN6.C19H27ClN6.C7H6BrI/c1-2-22-18-33(26-24(27)15-20(16-31-26)25-29-9-10-30-25)13-14-34(22)23-7-11-32(12-8-23)17-19-3-5-21(28)6-4-19;1-2-15-13-25(9-10-26(15)16-3-5-21-6-4-16)19-17(20)11-14(12-24-19)18-22-7-8-23-18;8-5-6-1-3-7(9)4-2-6/h3-6,9-10,15-16,22-23H,2,7-8,11-14,17-18H2,1H3,(H,29,30);7-8,11-12,15-16,21H,2-6,9-10,13H2,1H3,(H,22,23);1-4H,5H2/t22-;15-;/m00./s1. The number of anilines is 2. The van der Waals surface area contributed by atoms with Gasteiger partial charge in [-0.05, 0) is 157 Å². The molecule has 6 aromatic rings. The normalized spacial score (nSPS) is 20.0. The molecule has 4 aliphatic heterocycles. The number of piperazine rings is 2. The van der Waals surface area contributed by atoms with Crippen LogP contribution >= 0.6 is 84.3 Å². The van der Waals surface area contributed by atoms with Gasteiger partial charge in [0.2, 0.25) is 0 Å². The van der Waals surface area contributed by atoms with E-state index >= 15 is 0 Å². The number of benzene rings is 2. The Kier molecular flexibility index (Phi) is 19.9. The van der Waals surface area contributed by atoms with Gasteiger partial charge in [-0.15, -0.1) is 0 Å². The molecule has 0 saturated carbocycles. The van der Waals surface area contributed by atoms with Gasteiger partial charge in [0.15, 0.2) is 0 Å². The zero-order chi connectivity index (χ0) is 48.1. The molecule has 0 unspecified atom stereocenters. The fraction of sp³-hybridized carbons (Fsp3) is 0.462. The summed E-state index contributed by atoms with van der Waals surface area (Å²) in [6, 6.07) is 23.8. The van der Waals surface area contributed by atoms with E-state index in [-0.39, 0.29) is 0 Å². The molecule has 4 aromatic heterocycles. The Morgan fingerprint density at radius 2 is 1.07 bits per heavy atom. The van der Waals surface area contributed by atoms with Crippen LogP contribution in [0.25, 0.3) is 22.8 Å². The molecule has 0 spiro atoms. The molecular formula is C52H65BrCl2I2N12. The Bertz CT molecular complexity index is 2450. The Morgan fingerprint density at radius 1 is 0.609 bits per heavy atom. The van der Waals surface area contributed by atoms with Gasteiger partial charge in [0.1, 0.15) is 23.3 Å². The fourth-order valence-corrected chi connectivity index (χ4v) is 11.9. The number of rotatable bonds is 11. The molecular weight excluding hydrogens is 1200 g/mol. The van der Waals surface area contributed by atoms with E-state index in [1.807, 2.05) is 36.9 Å². The summed E-state index contributed by atoms with van der Waals surface area (Å²) in [4.78, 5) is 37.0. The summed E-state index contributed by atoms with van der Waals surface area (Å²) < 4.78 is 2.59. The molecule has 0 bridgehead atoms. The molecule has 4 aliphatic rings. The minimum atomic E-state index is 0.532. The molecule has 8 heterocycles. The van der Waals surface area contributed by atoms with Crippen LogP contribution in [0, 0.1) is 7.14 Å². The highest BCUT2D eigenvalue weighted by Crippen LogP contribution is 2.33. The first-order valence-corrected chi connectivity index (χ1v) is 28.5. The van der Waals surface area contributed by atoms with Gasteiger partial charge in [0.05, 0.1) is 10.0 Å². The summed E-state index contributed by atoms with van der Waals surface area (Å²) in [5.41, 5.74) is 4.59. The SMILES string of the molecule is BrCc1ccc(I)cc1.CC[C@H]1CN(c2ncc(-c3ncc[nH]3)cc2Cl)CCN1C1CCN(Cc2ccc(I)cc2)CC1.CC[C@H]1CN(c2ncc(-c3ncc[nH]3)cc2Cl)CCN1C1CCNCC1. The van der Waals surface area contributed by atoms with E-state index in [2.05, 4.69) is 178 Å². The van der Waals surface area contributed by atoms with Gasteiger partial charge >= 0.3 is 0 Å². The quantitative estimate of drug-likeness (QED) is 0.0857. The van der Waals surface area contributed by atoms with E-state index < -0.39 is 0 Å². The molecule has 69 heavy (non-hydrogen) atoms. The van der Waals surface area contributed by atoms with Gasteiger partial charge in [0, 0.05) is 131 Å². The highest BCUT2D eigenvalue weighted by atomic mass is 127. The number of aromatic nitrogens is 6. The van der Waals surface area contributed by atoms with Crippen LogP contribution in [0.4, 0.5) is 11.6 Å². The molecule has 12 nitrogen and oxygen atoms in total. The second-order valence-corrected chi connectivity index (χ2v) is 22.2. The smallest absolute Gasteiger partial charge is 0.147 e. The largest absolute Gasteiger partial charge is 0.353 e. The lowest BCUT2D eigenvalue weighted by atomic mass is 9.98. The molecule has 0 amide bonds. The van der Waals surface area contributed by atoms with Crippen molar-refractivity contribution in [3.63, 3.8) is 0 Å². The number of piperidine rings is 2. The van der Waals surface area contributed by atoms with Crippen LogP contribution in [0.15, 0.2) is 97.8 Å². The predicted molar refractivity (Wildman–Crippen MR) is 305 cm³/mol. The third-order valence-corrected chi connectivity index (χ3v) is 16.6. The molecule has 0 aliphatic carbocycles. The van der Waals surface area contributed by atoms with Crippen molar-refractivity contribution in [2.24, 2.45) is 0 Å². The monoisotopic (exact) mass is 1260 g/mol. The van der Waals surface area contributed by atoms with Gasteiger partial charge in [-0.1, -0.05) is 77.2 Å². The van der Waals surface area contributed by atoms with E-state index in [1.165, 1.54) is 57.0 Å². The van der Waals surface area contributed by atoms with Gasteiger partial charge in [-0.3, -0.25) is 14.7 Å². The number of likely N-dealkylation sites (tertiary alicyclic amines) is 1. The van der Waals surface area contributed by atoms with Gasteiger partial charge in [0.25, 0.3) is 0 Å². The summed E-state index contributed by atoms with van der Waals surface area (Å²) in [5.74, 6) is 3.38. The molecule has 368 valence electrons. The van der Waals surface area contributed by atoms with E-state index in [9.17, 15) is 0 Å². The Morgan fingerprint density at radius 3 is 1.49 bits per heavy atom. The number of hydrogen-bond acceptors (Lipinski definition) is 10. The summed E-state index contributed by atoms with van der Waals surface area (Å²) >= 11 is 21.3. The summed E-state index contributed by atoms with van der Waals surface area (Å²) in [7, 11) is 0. The topological polar surface area (TPSA) is 111 Å². The lowest BCUT2D eigenvalue weighted by Crippen LogP contribution is -2.58. The molecule has 2 aromatic carbocycles. The first-order chi connectivity index (χ1) is 33.7. The van der Waals surface area contributed by atoms with Crippen molar-refractivity contribution in [3.05, 3.63) is 126 Å². The number of nitrogens with zero attached hydrogens (tertiary/aromatic N) is 9. The molecule has 17 heteroatoms. The fourth-order valence-electron chi connectivity index (χ4n) is 10.2. The second kappa shape index (κ2) is 26.2. The minimum Gasteiger partial charge on any atom is -0.353 e. The number of pyridine rings is 2. The molecule has 0 radical (unpaired) electrons. The van der Waals surface area contributed by atoms with Crippen molar-refractivity contribution in [1.82, 2.24) is 49.9 Å². The number of halogens is 5. The lowest BCUT2D eigenvalue weighted by Gasteiger charge is -2.47. The van der Waals surface area contributed by atoms with Crippen LogP contribution in [0.1, 0.15) is 63.5 Å². The minimum absolute atomic E-state index is 0.532. The average molecular weight is 1260 g/mol. The van der Waals surface area contributed by atoms with Crippen molar-refractivity contribution < 1.29 is 0 Å². The van der Waals surface area contributed by atoms with Gasteiger partial charge in [-0.2, -0.15) is 0 Å². The third kappa shape index (κ3) is 14.2. The van der Waals surface area contributed by atoms with Gasteiger partial charge in [-0.25, -0.2) is 19.9 Å². The molecule has 10 rings (SSSR count). The zero-order valence-electron chi connectivity index (χ0n) is 39.7. The maximum absolute atomic E-state index is 6.68. The van der Waals surface area contributed by atoms with Crippen molar-refractivity contribution in [3.8, 4) is 22.8 Å².